The molecule has 2 aromatic rings. The van der Waals surface area contributed by atoms with E-state index in [9.17, 15) is 19.7 Å². The highest BCUT2D eigenvalue weighted by Gasteiger charge is 2.22. The number of aryl methyl sites for hydroxylation is 2. The average molecular weight is 414 g/mol. The summed E-state index contributed by atoms with van der Waals surface area (Å²) in [6, 6.07) is 9.42. The van der Waals surface area contributed by atoms with Gasteiger partial charge in [0.1, 0.15) is 6.20 Å². The van der Waals surface area contributed by atoms with E-state index in [4.69, 9.17) is 0 Å². The molecule has 0 bridgehead atoms. The Balaban J connectivity index is 1.36. The van der Waals surface area contributed by atoms with Crippen molar-refractivity contribution in [2.45, 2.75) is 38.8 Å². The molecular weight excluding hydrogens is 388 g/mol. The minimum Gasteiger partial charge on any atom is -0.358 e. The van der Waals surface area contributed by atoms with Crippen LogP contribution in [0.4, 0.5) is 11.5 Å². The van der Waals surface area contributed by atoms with E-state index in [1.54, 1.807) is 11.5 Å². The van der Waals surface area contributed by atoms with Gasteiger partial charge in [-0.2, -0.15) is 0 Å². The number of anilines is 1. The van der Waals surface area contributed by atoms with Crippen LogP contribution in [0.2, 0.25) is 0 Å². The standard InChI is InChI=1S/C20H26N6O4/c1-15-21-18(26(29)30)13-25(15)12-9-19(27)22-17-7-10-24(11-8-17)14-20(28)23-16-5-3-2-4-6-16/h2-6,13,17H,7-12,14H2,1H3,(H,22,27)(H,23,28). The molecule has 3 rings (SSSR count). The monoisotopic (exact) mass is 414 g/mol. The van der Waals surface area contributed by atoms with Gasteiger partial charge in [0, 0.05) is 44.7 Å². The fourth-order valence-electron chi connectivity index (χ4n) is 3.49. The van der Waals surface area contributed by atoms with E-state index in [-0.39, 0.29) is 30.1 Å². The topological polar surface area (TPSA) is 122 Å². The van der Waals surface area contributed by atoms with Crippen molar-refractivity contribution in [1.82, 2.24) is 19.8 Å². The van der Waals surface area contributed by atoms with Crippen LogP contribution in [0.1, 0.15) is 25.1 Å². The summed E-state index contributed by atoms with van der Waals surface area (Å²) in [6.07, 6.45) is 3.13. The van der Waals surface area contributed by atoms with Crippen molar-refractivity contribution in [2.75, 3.05) is 25.0 Å². The first-order valence-corrected chi connectivity index (χ1v) is 9.95. The van der Waals surface area contributed by atoms with Crippen LogP contribution in [0.15, 0.2) is 36.5 Å². The van der Waals surface area contributed by atoms with Gasteiger partial charge < -0.3 is 25.3 Å². The molecule has 2 amide bonds. The van der Waals surface area contributed by atoms with Crippen LogP contribution in [-0.4, -0.2) is 56.9 Å². The third-order valence-electron chi connectivity index (χ3n) is 5.11. The molecule has 160 valence electrons. The van der Waals surface area contributed by atoms with Gasteiger partial charge in [0.2, 0.25) is 17.6 Å². The predicted octanol–water partition coefficient (Wildman–Crippen LogP) is 1.71. The van der Waals surface area contributed by atoms with Crippen molar-refractivity contribution in [2.24, 2.45) is 0 Å². The third kappa shape index (κ3) is 6.11. The number of para-hydroxylation sites is 1. The van der Waals surface area contributed by atoms with E-state index in [1.807, 2.05) is 30.3 Å². The van der Waals surface area contributed by atoms with Crippen molar-refractivity contribution in [3.05, 3.63) is 52.5 Å². The number of hydrogen-bond donors (Lipinski definition) is 2. The maximum Gasteiger partial charge on any atom is 0.381 e. The first-order valence-electron chi connectivity index (χ1n) is 9.95. The van der Waals surface area contributed by atoms with Gasteiger partial charge >= 0.3 is 5.82 Å². The molecular formula is C20H26N6O4. The van der Waals surface area contributed by atoms with Crippen LogP contribution in [0.3, 0.4) is 0 Å². The summed E-state index contributed by atoms with van der Waals surface area (Å²) >= 11 is 0. The zero-order valence-electron chi connectivity index (χ0n) is 16.9. The van der Waals surface area contributed by atoms with Gasteiger partial charge in [-0.05, 0) is 34.9 Å². The van der Waals surface area contributed by atoms with Gasteiger partial charge in [-0.15, -0.1) is 0 Å². The van der Waals surface area contributed by atoms with Crippen molar-refractivity contribution in [3.63, 3.8) is 0 Å². The van der Waals surface area contributed by atoms with Crippen LogP contribution < -0.4 is 10.6 Å². The van der Waals surface area contributed by atoms with Crippen molar-refractivity contribution < 1.29 is 14.5 Å². The van der Waals surface area contributed by atoms with Crippen LogP contribution in [0, 0.1) is 17.0 Å². The zero-order valence-corrected chi connectivity index (χ0v) is 16.9. The van der Waals surface area contributed by atoms with Gasteiger partial charge in [-0.1, -0.05) is 18.2 Å². The molecule has 0 saturated carbocycles. The quantitative estimate of drug-likeness (QED) is 0.501. The first kappa shape index (κ1) is 21.4. The normalized spacial score (nSPS) is 15.0. The molecule has 2 heterocycles. The fraction of sp³-hybridized carbons (Fsp3) is 0.450. The number of piperidine rings is 1. The molecule has 0 aliphatic carbocycles. The molecule has 1 saturated heterocycles. The summed E-state index contributed by atoms with van der Waals surface area (Å²) in [5, 5.41) is 16.7. The molecule has 0 radical (unpaired) electrons. The van der Waals surface area contributed by atoms with Crippen LogP contribution in [-0.2, 0) is 16.1 Å². The lowest BCUT2D eigenvalue weighted by Gasteiger charge is -2.31. The predicted molar refractivity (Wildman–Crippen MR) is 111 cm³/mol. The number of nitrogens with one attached hydrogen (secondary N) is 2. The maximum absolute atomic E-state index is 12.2. The number of likely N-dealkylation sites (tertiary alicyclic amines) is 1. The Bertz CT molecular complexity index is 890. The summed E-state index contributed by atoms with van der Waals surface area (Å²) in [6.45, 7) is 3.82. The van der Waals surface area contributed by atoms with Gasteiger partial charge in [0.25, 0.3) is 0 Å². The van der Waals surface area contributed by atoms with Crippen molar-refractivity contribution in [3.8, 4) is 0 Å². The lowest BCUT2D eigenvalue weighted by atomic mass is 10.0. The fourth-order valence-corrected chi connectivity index (χ4v) is 3.49. The minimum absolute atomic E-state index is 0.0477. The molecule has 0 unspecified atom stereocenters. The SMILES string of the molecule is Cc1nc([N+](=O)[O-])cn1CCC(=O)NC1CCN(CC(=O)Nc2ccccc2)CC1. The number of aromatic nitrogens is 2. The van der Waals surface area contributed by atoms with E-state index in [0.717, 1.165) is 31.6 Å². The number of carbonyl (C=O) groups excluding carboxylic acids is 2. The van der Waals surface area contributed by atoms with Gasteiger partial charge in [0.15, 0.2) is 0 Å². The Kier molecular flexibility index (Phi) is 7.12. The summed E-state index contributed by atoms with van der Waals surface area (Å²) < 4.78 is 1.62. The summed E-state index contributed by atoms with van der Waals surface area (Å²) in [5.41, 5.74) is 0.781. The number of nitrogens with zero attached hydrogens (tertiary/aromatic N) is 4. The minimum atomic E-state index is -0.544. The number of nitro groups is 1. The van der Waals surface area contributed by atoms with Crippen LogP contribution in [0.25, 0.3) is 0 Å². The first-order chi connectivity index (χ1) is 14.4. The smallest absolute Gasteiger partial charge is 0.358 e. The second kappa shape index (κ2) is 9.97. The largest absolute Gasteiger partial charge is 0.381 e. The lowest BCUT2D eigenvalue weighted by Crippen LogP contribution is -2.46. The number of rotatable bonds is 8. The molecule has 2 N–H and O–H groups in total. The van der Waals surface area contributed by atoms with Gasteiger partial charge in [-0.3, -0.25) is 14.5 Å². The zero-order chi connectivity index (χ0) is 21.5. The van der Waals surface area contributed by atoms with E-state index in [0.29, 0.717) is 18.9 Å². The van der Waals surface area contributed by atoms with Gasteiger partial charge in [-0.25, -0.2) is 0 Å². The van der Waals surface area contributed by atoms with E-state index in [2.05, 4.69) is 20.5 Å². The van der Waals surface area contributed by atoms with Crippen LogP contribution >= 0.6 is 0 Å². The Labute approximate surface area is 174 Å². The van der Waals surface area contributed by atoms with E-state index >= 15 is 0 Å². The summed E-state index contributed by atoms with van der Waals surface area (Å²) in [4.78, 5) is 40.6. The third-order valence-corrected chi connectivity index (χ3v) is 5.11. The molecule has 30 heavy (non-hydrogen) atoms. The average Bonchev–Trinajstić information content (AvgIpc) is 3.10. The molecule has 1 aliphatic heterocycles. The number of imidazole rings is 1. The molecule has 10 nitrogen and oxygen atoms in total. The van der Waals surface area contributed by atoms with E-state index < -0.39 is 4.92 Å². The summed E-state index contributed by atoms with van der Waals surface area (Å²) in [7, 11) is 0. The number of amides is 2. The van der Waals surface area contributed by atoms with Crippen molar-refractivity contribution >= 4 is 23.3 Å². The molecule has 1 fully saturated rings. The van der Waals surface area contributed by atoms with E-state index in [1.165, 1.54) is 6.20 Å². The Morgan fingerprint density at radius 2 is 1.90 bits per heavy atom. The highest BCUT2D eigenvalue weighted by molar-refractivity contribution is 5.92. The Morgan fingerprint density at radius 3 is 2.53 bits per heavy atom. The summed E-state index contributed by atoms with van der Waals surface area (Å²) in [5.74, 6) is 0.160. The molecule has 1 aromatic carbocycles. The molecule has 0 spiro atoms. The highest BCUT2D eigenvalue weighted by atomic mass is 16.6. The van der Waals surface area contributed by atoms with Gasteiger partial charge in [0.05, 0.1) is 6.54 Å². The Morgan fingerprint density at radius 1 is 1.20 bits per heavy atom. The number of carbonyl (C=O) groups is 2. The highest BCUT2D eigenvalue weighted by Crippen LogP contribution is 2.13. The second-order valence-corrected chi connectivity index (χ2v) is 7.38. The van der Waals surface area contributed by atoms with Crippen molar-refractivity contribution in [1.29, 1.82) is 0 Å². The number of hydrogen-bond acceptors (Lipinski definition) is 6. The molecule has 0 atom stereocenters. The van der Waals surface area contributed by atoms with Crippen LogP contribution in [0.5, 0.6) is 0 Å². The lowest BCUT2D eigenvalue weighted by molar-refractivity contribution is -0.389. The molecule has 1 aromatic heterocycles. The number of benzene rings is 1. The molecule has 10 heteroatoms. The Hall–Kier alpha value is -3.27. The second-order valence-electron chi connectivity index (χ2n) is 7.38. The molecule has 1 aliphatic rings. The maximum atomic E-state index is 12.2.